The van der Waals surface area contributed by atoms with Crippen LogP contribution in [-0.4, -0.2) is 0 Å². The van der Waals surface area contributed by atoms with Crippen molar-refractivity contribution < 1.29 is 0 Å². The number of hydrogen-bond donors (Lipinski definition) is 0. The van der Waals surface area contributed by atoms with Gasteiger partial charge in [-0.3, -0.25) is 0 Å². The number of hydrogen-bond acceptors (Lipinski definition) is 0. The highest BCUT2D eigenvalue weighted by atomic mass is 14.0. The van der Waals surface area contributed by atoms with Crippen molar-refractivity contribution in [2.24, 2.45) is 5.92 Å². The molecular formula is C20H54. The molecule has 0 saturated carbocycles. The molecule has 0 amide bonds. The fraction of sp³-hybridized carbons (Fsp3) is 1.00. The Morgan fingerprint density at radius 1 is 0.650 bits per heavy atom. The van der Waals surface area contributed by atoms with Crippen LogP contribution in [-0.2, 0) is 0 Å². The molecule has 0 nitrogen and oxygen atoms in total. The standard InChI is InChI=1S/C8H18.C3H8.4C2H6.CH4/c1-4-6-7-8(3)5-2;1-3-2;4*1-2;/h8H,4-7H2,1-3H3;3H2,1-2H3;4*1-2H3;1H4. The minimum Gasteiger partial charge on any atom is -0.0776 e. The first-order chi connectivity index (χ1) is 9.22. The third-order valence-electron chi connectivity index (χ3n) is 1.75. The Kier molecular flexibility index (Phi) is 205. The molecule has 0 fully saturated rings. The molecule has 0 aromatic heterocycles. The fourth-order valence-corrected chi connectivity index (χ4v) is 0.757. The summed E-state index contributed by atoms with van der Waals surface area (Å²) in [4.78, 5) is 0. The van der Waals surface area contributed by atoms with Crippen molar-refractivity contribution in [2.75, 3.05) is 0 Å². The van der Waals surface area contributed by atoms with Crippen molar-refractivity contribution in [3.63, 3.8) is 0 Å². The van der Waals surface area contributed by atoms with Gasteiger partial charge in [0.15, 0.2) is 0 Å². The maximum Gasteiger partial charge on any atom is -0.0445 e. The van der Waals surface area contributed by atoms with Crippen LogP contribution < -0.4 is 0 Å². The fourth-order valence-electron chi connectivity index (χ4n) is 0.757. The van der Waals surface area contributed by atoms with E-state index in [-0.39, 0.29) is 7.43 Å². The molecule has 0 bridgehead atoms. The second kappa shape index (κ2) is 96.2. The average Bonchev–Trinajstić information content (AvgIpc) is 2.53. The van der Waals surface area contributed by atoms with E-state index < -0.39 is 0 Å². The Hall–Kier alpha value is 0. The lowest BCUT2D eigenvalue weighted by atomic mass is 10.0. The van der Waals surface area contributed by atoms with Gasteiger partial charge in [0.2, 0.25) is 0 Å². The maximum absolute atomic E-state index is 2.33. The molecule has 0 N–H and O–H groups in total. The summed E-state index contributed by atoms with van der Waals surface area (Å²) in [5.74, 6) is 0.954. The van der Waals surface area contributed by atoms with Crippen LogP contribution in [0.5, 0.6) is 0 Å². The van der Waals surface area contributed by atoms with E-state index in [1.54, 1.807) is 0 Å². The Balaban J connectivity index is -0.0000000240. The Morgan fingerprint density at radius 3 is 1.05 bits per heavy atom. The van der Waals surface area contributed by atoms with Gasteiger partial charge in [-0.1, -0.05) is 130 Å². The predicted molar refractivity (Wildman–Crippen MR) is 107 cm³/mol. The van der Waals surface area contributed by atoms with E-state index in [9.17, 15) is 0 Å². The molecule has 0 heterocycles. The predicted octanol–water partition coefficient (Wildman–Crippen LogP) is 9.38. The van der Waals surface area contributed by atoms with Crippen molar-refractivity contribution >= 4 is 0 Å². The summed E-state index contributed by atoms with van der Waals surface area (Å²) in [6.07, 6.45) is 6.78. The second-order valence-electron chi connectivity index (χ2n) is 3.36. The number of unbranched alkanes of at least 4 members (excludes halogenated alkanes) is 1. The van der Waals surface area contributed by atoms with Gasteiger partial charge in [-0.25, -0.2) is 0 Å². The zero-order chi connectivity index (χ0) is 17.1. The van der Waals surface area contributed by atoms with Crippen LogP contribution in [0.1, 0.15) is 130 Å². The first-order valence-corrected chi connectivity index (χ1v) is 9.22. The third-order valence-corrected chi connectivity index (χ3v) is 1.75. The van der Waals surface area contributed by atoms with Crippen molar-refractivity contribution in [3.05, 3.63) is 0 Å². The molecular weight excluding hydrogens is 240 g/mol. The molecule has 0 saturated heterocycles. The first-order valence-electron chi connectivity index (χ1n) is 9.22. The second-order valence-corrected chi connectivity index (χ2v) is 3.36. The minimum atomic E-state index is 0. The highest BCUT2D eigenvalue weighted by Crippen LogP contribution is 2.09. The van der Waals surface area contributed by atoms with Crippen LogP contribution in [0.25, 0.3) is 0 Å². The Morgan fingerprint density at radius 2 is 0.900 bits per heavy atom. The number of rotatable bonds is 4. The van der Waals surface area contributed by atoms with Crippen molar-refractivity contribution in [3.8, 4) is 0 Å². The lowest BCUT2D eigenvalue weighted by Gasteiger charge is -2.04. The first kappa shape index (κ1) is 42.7. The summed E-state index contributed by atoms with van der Waals surface area (Å²) in [6, 6.07) is 0. The van der Waals surface area contributed by atoms with Gasteiger partial charge in [0.1, 0.15) is 0 Å². The largest absolute Gasteiger partial charge is 0.0776 e. The summed E-state index contributed by atoms with van der Waals surface area (Å²) in [7, 11) is 0. The summed E-state index contributed by atoms with van der Waals surface area (Å²) < 4.78 is 0. The van der Waals surface area contributed by atoms with Crippen molar-refractivity contribution in [1.82, 2.24) is 0 Å². The van der Waals surface area contributed by atoms with Gasteiger partial charge in [-0.2, -0.15) is 0 Å². The van der Waals surface area contributed by atoms with Gasteiger partial charge >= 0.3 is 0 Å². The molecule has 0 aromatic carbocycles. The molecule has 1 unspecified atom stereocenters. The van der Waals surface area contributed by atoms with Gasteiger partial charge in [-0.05, 0) is 5.92 Å². The van der Waals surface area contributed by atoms with Gasteiger partial charge in [0.05, 0.1) is 0 Å². The van der Waals surface area contributed by atoms with Crippen LogP contribution in [0.4, 0.5) is 0 Å². The van der Waals surface area contributed by atoms with Gasteiger partial charge in [0.25, 0.3) is 0 Å². The van der Waals surface area contributed by atoms with Crippen LogP contribution in [0.3, 0.4) is 0 Å². The lowest BCUT2D eigenvalue weighted by molar-refractivity contribution is 0.492. The van der Waals surface area contributed by atoms with Gasteiger partial charge < -0.3 is 0 Å². The molecule has 134 valence electrons. The Bertz CT molecular complexity index is 48.0. The van der Waals surface area contributed by atoms with Crippen molar-refractivity contribution in [2.45, 2.75) is 130 Å². The highest BCUT2D eigenvalue weighted by molar-refractivity contribution is 4.47. The topological polar surface area (TPSA) is 0 Å². The quantitative estimate of drug-likeness (QED) is 0.484. The van der Waals surface area contributed by atoms with Gasteiger partial charge in [-0.15, -0.1) is 0 Å². The zero-order valence-electron chi connectivity index (χ0n) is 17.1. The summed E-state index contributed by atoms with van der Waals surface area (Å²) >= 11 is 0. The van der Waals surface area contributed by atoms with Crippen LogP contribution in [0.15, 0.2) is 0 Å². The molecule has 0 aliphatic carbocycles. The van der Waals surface area contributed by atoms with Crippen LogP contribution in [0.2, 0.25) is 0 Å². The molecule has 0 heteroatoms. The van der Waals surface area contributed by atoms with E-state index in [4.69, 9.17) is 0 Å². The normalized spacial score (nSPS) is 7.65. The summed E-state index contributed by atoms with van der Waals surface area (Å²) in [6.45, 7) is 27.1. The summed E-state index contributed by atoms with van der Waals surface area (Å²) in [5, 5.41) is 0. The average molecular weight is 295 g/mol. The maximum atomic E-state index is 2.33. The van der Waals surface area contributed by atoms with E-state index >= 15 is 0 Å². The van der Waals surface area contributed by atoms with Crippen LogP contribution in [0, 0.1) is 5.92 Å². The smallest absolute Gasteiger partial charge is 0.0445 e. The molecule has 0 aliphatic rings. The molecule has 1 atom stereocenters. The molecule has 0 radical (unpaired) electrons. The van der Waals surface area contributed by atoms with Gasteiger partial charge in [0, 0.05) is 0 Å². The molecule has 0 rings (SSSR count). The Labute approximate surface area is 136 Å². The SMILES string of the molecule is C.CC.CC.CC.CC.CCC.CCCCC(C)CC. The van der Waals surface area contributed by atoms with E-state index in [0.29, 0.717) is 0 Å². The molecule has 0 spiro atoms. The highest BCUT2D eigenvalue weighted by Gasteiger charge is 1.94. The molecule has 0 aliphatic heterocycles. The molecule has 0 aromatic rings. The third kappa shape index (κ3) is 144. The summed E-state index contributed by atoms with van der Waals surface area (Å²) in [5.41, 5.74) is 0. The minimum absolute atomic E-state index is 0. The lowest BCUT2D eigenvalue weighted by Crippen LogP contribution is -1.89. The van der Waals surface area contributed by atoms with E-state index in [2.05, 4.69) is 34.6 Å². The van der Waals surface area contributed by atoms with E-state index in [1.165, 1.54) is 32.1 Å². The van der Waals surface area contributed by atoms with Crippen molar-refractivity contribution in [1.29, 1.82) is 0 Å². The van der Waals surface area contributed by atoms with E-state index in [0.717, 1.165) is 5.92 Å². The van der Waals surface area contributed by atoms with Crippen LogP contribution >= 0.6 is 0 Å². The zero-order valence-corrected chi connectivity index (χ0v) is 17.1. The molecule has 20 heavy (non-hydrogen) atoms. The monoisotopic (exact) mass is 294 g/mol. The van der Waals surface area contributed by atoms with E-state index in [1.807, 2.05) is 55.4 Å².